The summed E-state index contributed by atoms with van der Waals surface area (Å²) in [6.45, 7) is 2.01. The minimum absolute atomic E-state index is 0.534. The molecule has 0 aliphatic heterocycles. The minimum Gasteiger partial charge on any atom is -0.496 e. The van der Waals surface area contributed by atoms with Crippen LogP contribution in [0.25, 0.3) is 11.6 Å². The molecule has 0 radical (unpaired) electrons. The molecule has 23 heavy (non-hydrogen) atoms. The summed E-state index contributed by atoms with van der Waals surface area (Å²) in [6, 6.07) is 13.6. The van der Waals surface area contributed by atoms with Crippen LogP contribution in [-0.2, 0) is 0 Å². The number of allylic oxidation sites excluding steroid dienone is 1. The Hall–Kier alpha value is -2.93. The number of aryl methyl sites for hydroxylation is 1. The molecule has 0 saturated heterocycles. The van der Waals surface area contributed by atoms with Gasteiger partial charge in [0.25, 0.3) is 0 Å². The molecule has 0 aromatic heterocycles. The van der Waals surface area contributed by atoms with E-state index in [9.17, 15) is 5.26 Å². The Kier molecular flexibility index (Phi) is 5.27. The van der Waals surface area contributed by atoms with Crippen LogP contribution in [0, 0.1) is 18.3 Å². The second-order valence-corrected chi connectivity index (χ2v) is 4.98. The molecular formula is C19H19NO3. The second-order valence-electron chi connectivity index (χ2n) is 4.98. The summed E-state index contributed by atoms with van der Waals surface area (Å²) in [5.41, 5.74) is 3.23. The van der Waals surface area contributed by atoms with Gasteiger partial charge < -0.3 is 14.2 Å². The summed E-state index contributed by atoms with van der Waals surface area (Å²) in [6.07, 6.45) is 1.77. The van der Waals surface area contributed by atoms with Crippen molar-refractivity contribution >= 4 is 11.6 Å². The lowest BCUT2D eigenvalue weighted by molar-refractivity contribution is 0.374. The zero-order valence-corrected chi connectivity index (χ0v) is 13.7. The molecular weight excluding hydrogens is 290 g/mol. The van der Waals surface area contributed by atoms with Crippen LogP contribution in [0.4, 0.5) is 0 Å². The first-order valence-corrected chi connectivity index (χ1v) is 7.11. The third-order valence-corrected chi connectivity index (χ3v) is 3.52. The van der Waals surface area contributed by atoms with E-state index in [0.717, 1.165) is 11.1 Å². The first kappa shape index (κ1) is 16.4. The van der Waals surface area contributed by atoms with E-state index in [1.165, 1.54) is 0 Å². The highest BCUT2D eigenvalue weighted by Gasteiger charge is 2.13. The second kappa shape index (κ2) is 7.37. The van der Waals surface area contributed by atoms with Crippen molar-refractivity contribution in [3.63, 3.8) is 0 Å². The average molecular weight is 309 g/mol. The van der Waals surface area contributed by atoms with E-state index in [2.05, 4.69) is 6.07 Å². The van der Waals surface area contributed by atoms with Crippen molar-refractivity contribution in [2.24, 2.45) is 0 Å². The smallest absolute Gasteiger partial charge is 0.133 e. The van der Waals surface area contributed by atoms with Gasteiger partial charge in [-0.15, -0.1) is 0 Å². The number of nitriles is 1. The standard InChI is InChI=1S/C19H19NO3/c1-13-5-7-14(8-6-13)15(12-20)9-17-18(22-3)10-16(21-2)11-19(17)23-4/h5-11H,1-4H3/b15-9+. The Morgan fingerprint density at radius 1 is 0.957 bits per heavy atom. The van der Waals surface area contributed by atoms with Crippen molar-refractivity contribution in [3.8, 4) is 23.3 Å². The fourth-order valence-corrected chi connectivity index (χ4v) is 2.23. The summed E-state index contributed by atoms with van der Waals surface area (Å²) in [4.78, 5) is 0. The van der Waals surface area contributed by atoms with Gasteiger partial charge in [-0.2, -0.15) is 5.26 Å². The number of hydrogen-bond acceptors (Lipinski definition) is 4. The summed E-state index contributed by atoms with van der Waals surface area (Å²) in [5.74, 6) is 1.80. The molecule has 0 amide bonds. The molecule has 2 aromatic carbocycles. The fraction of sp³-hybridized carbons (Fsp3) is 0.211. The van der Waals surface area contributed by atoms with E-state index in [1.807, 2.05) is 31.2 Å². The summed E-state index contributed by atoms with van der Waals surface area (Å²) in [7, 11) is 4.73. The van der Waals surface area contributed by atoms with Gasteiger partial charge >= 0.3 is 0 Å². The Balaban J connectivity index is 2.59. The molecule has 0 atom stereocenters. The van der Waals surface area contributed by atoms with Crippen LogP contribution in [0.1, 0.15) is 16.7 Å². The molecule has 118 valence electrons. The lowest BCUT2D eigenvalue weighted by Gasteiger charge is -2.13. The number of nitrogens with zero attached hydrogens (tertiary/aromatic N) is 1. The highest BCUT2D eigenvalue weighted by atomic mass is 16.5. The maximum absolute atomic E-state index is 9.51. The van der Waals surface area contributed by atoms with Gasteiger partial charge in [0.15, 0.2) is 0 Å². The summed E-state index contributed by atoms with van der Waals surface area (Å²) >= 11 is 0. The minimum atomic E-state index is 0.534. The molecule has 2 rings (SSSR count). The molecule has 2 aromatic rings. The molecule has 0 fully saturated rings. The van der Waals surface area contributed by atoms with Gasteiger partial charge in [0.1, 0.15) is 17.2 Å². The number of benzene rings is 2. The zero-order valence-electron chi connectivity index (χ0n) is 13.7. The van der Waals surface area contributed by atoms with Gasteiger partial charge in [-0.1, -0.05) is 29.8 Å². The van der Waals surface area contributed by atoms with Crippen LogP contribution < -0.4 is 14.2 Å². The largest absolute Gasteiger partial charge is 0.496 e. The third kappa shape index (κ3) is 3.64. The van der Waals surface area contributed by atoms with Crippen LogP contribution in [0.5, 0.6) is 17.2 Å². The first-order chi connectivity index (χ1) is 11.1. The van der Waals surface area contributed by atoms with Gasteiger partial charge in [0, 0.05) is 12.1 Å². The van der Waals surface area contributed by atoms with Crippen molar-refractivity contribution < 1.29 is 14.2 Å². The average Bonchev–Trinajstić information content (AvgIpc) is 2.60. The molecule has 0 spiro atoms. The fourth-order valence-electron chi connectivity index (χ4n) is 2.23. The first-order valence-electron chi connectivity index (χ1n) is 7.11. The Labute approximate surface area is 136 Å². The maximum Gasteiger partial charge on any atom is 0.133 e. The molecule has 0 saturated carbocycles. The predicted molar refractivity (Wildman–Crippen MR) is 90.8 cm³/mol. The monoisotopic (exact) mass is 309 g/mol. The van der Waals surface area contributed by atoms with E-state index < -0.39 is 0 Å². The van der Waals surface area contributed by atoms with Crippen molar-refractivity contribution in [3.05, 3.63) is 53.1 Å². The molecule has 0 bridgehead atoms. The molecule has 0 heterocycles. The molecule has 0 N–H and O–H groups in total. The van der Waals surface area contributed by atoms with Crippen LogP contribution in [0.3, 0.4) is 0 Å². The Morgan fingerprint density at radius 3 is 1.96 bits per heavy atom. The van der Waals surface area contributed by atoms with Crippen molar-refractivity contribution in [1.29, 1.82) is 5.26 Å². The van der Waals surface area contributed by atoms with E-state index in [-0.39, 0.29) is 0 Å². The highest BCUT2D eigenvalue weighted by molar-refractivity contribution is 5.92. The van der Waals surface area contributed by atoms with E-state index in [1.54, 1.807) is 39.5 Å². The van der Waals surface area contributed by atoms with Gasteiger partial charge in [-0.05, 0) is 18.6 Å². The molecule has 4 heteroatoms. The number of rotatable bonds is 5. The number of methoxy groups -OCH3 is 3. The Bertz CT molecular complexity index is 730. The van der Waals surface area contributed by atoms with Gasteiger partial charge in [0.2, 0.25) is 0 Å². The van der Waals surface area contributed by atoms with E-state index in [4.69, 9.17) is 14.2 Å². The van der Waals surface area contributed by atoms with Gasteiger partial charge in [0.05, 0.1) is 38.5 Å². The molecule has 0 aliphatic carbocycles. The van der Waals surface area contributed by atoms with Crippen molar-refractivity contribution in [2.45, 2.75) is 6.92 Å². The normalized spacial score (nSPS) is 10.8. The maximum atomic E-state index is 9.51. The number of hydrogen-bond donors (Lipinski definition) is 0. The van der Waals surface area contributed by atoms with Crippen LogP contribution in [0.2, 0.25) is 0 Å². The summed E-state index contributed by atoms with van der Waals surface area (Å²) in [5, 5.41) is 9.51. The molecule has 0 unspecified atom stereocenters. The van der Waals surface area contributed by atoms with E-state index in [0.29, 0.717) is 28.4 Å². The SMILES string of the molecule is COc1cc(OC)c(/C=C(\C#N)c2ccc(C)cc2)c(OC)c1. The van der Waals surface area contributed by atoms with Crippen molar-refractivity contribution in [1.82, 2.24) is 0 Å². The summed E-state index contributed by atoms with van der Waals surface area (Å²) < 4.78 is 16.1. The van der Waals surface area contributed by atoms with E-state index >= 15 is 0 Å². The lowest BCUT2D eigenvalue weighted by atomic mass is 10.0. The molecule has 4 nitrogen and oxygen atoms in total. The van der Waals surface area contributed by atoms with Crippen molar-refractivity contribution in [2.75, 3.05) is 21.3 Å². The lowest BCUT2D eigenvalue weighted by Crippen LogP contribution is -1.95. The van der Waals surface area contributed by atoms with Crippen LogP contribution >= 0.6 is 0 Å². The predicted octanol–water partition coefficient (Wildman–Crippen LogP) is 4.09. The zero-order chi connectivity index (χ0) is 16.8. The van der Waals surface area contributed by atoms with Gasteiger partial charge in [-0.3, -0.25) is 0 Å². The van der Waals surface area contributed by atoms with Crippen LogP contribution in [0.15, 0.2) is 36.4 Å². The number of ether oxygens (including phenoxy) is 3. The highest BCUT2D eigenvalue weighted by Crippen LogP contribution is 2.36. The van der Waals surface area contributed by atoms with Gasteiger partial charge in [-0.25, -0.2) is 0 Å². The Morgan fingerprint density at radius 2 is 1.52 bits per heavy atom. The molecule has 0 aliphatic rings. The quantitative estimate of drug-likeness (QED) is 0.617. The topological polar surface area (TPSA) is 51.5 Å². The van der Waals surface area contributed by atoms with Crippen LogP contribution in [-0.4, -0.2) is 21.3 Å². The third-order valence-electron chi connectivity index (χ3n) is 3.52.